The smallest absolute Gasteiger partial charge is 0.255 e. The molecule has 0 bridgehead atoms. The van der Waals surface area contributed by atoms with Gasteiger partial charge in [0.05, 0.1) is 5.69 Å². The molecule has 1 aromatic heterocycles. The maximum absolute atomic E-state index is 11.9. The van der Waals surface area contributed by atoms with Crippen LogP contribution in [0.4, 0.5) is 5.95 Å². The molecule has 3 rings (SSSR count). The van der Waals surface area contributed by atoms with E-state index in [9.17, 15) is 4.79 Å². The highest BCUT2D eigenvalue weighted by molar-refractivity contribution is 7.99. The third kappa shape index (κ3) is 2.32. The number of H-pyrrole nitrogens is 1. The van der Waals surface area contributed by atoms with Gasteiger partial charge in [0.25, 0.3) is 5.56 Å². The minimum Gasteiger partial charge on any atom is -0.352 e. The second kappa shape index (κ2) is 4.70. The van der Waals surface area contributed by atoms with Crippen molar-refractivity contribution in [1.82, 2.24) is 15.3 Å². The largest absolute Gasteiger partial charge is 0.352 e. The zero-order valence-corrected chi connectivity index (χ0v) is 10.4. The SMILES string of the molecule is O=c1[nH]c(N[C@H]2CCSC2)nc2c1CCNC2. The zero-order valence-electron chi connectivity index (χ0n) is 9.58. The molecule has 0 aromatic carbocycles. The highest BCUT2D eigenvalue weighted by atomic mass is 32.2. The quantitative estimate of drug-likeness (QED) is 0.708. The molecular weight excluding hydrogens is 236 g/mol. The Hall–Kier alpha value is -1.01. The first kappa shape index (κ1) is 11.1. The average molecular weight is 252 g/mol. The fourth-order valence-electron chi connectivity index (χ4n) is 2.28. The van der Waals surface area contributed by atoms with Crippen LogP contribution in [-0.4, -0.2) is 34.1 Å². The molecule has 5 nitrogen and oxygen atoms in total. The Bertz CT molecular complexity index is 467. The molecule has 0 saturated carbocycles. The van der Waals surface area contributed by atoms with Gasteiger partial charge in [-0.2, -0.15) is 11.8 Å². The van der Waals surface area contributed by atoms with Crippen LogP contribution < -0.4 is 16.2 Å². The summed E-state index contributed by atoms with van der Waals surface area (Å²) in [6, 6.07) is 0.442. The van der Waals surface area contributed by atoms with E-state index in [0.29, 0.717) is 18.5 Å². The summed E-state index contributed by atoms with van der Waals surface area (Å²) in [4.78, 5) is 19.2. The number of anilines is 1. The molecule has 1 saturated heterocycles. The van der Waals surface area contributed by atoms with E-state index in [-0.39, 0.29) is 5.56 Å². The van der Waals surface area contributed by atoms with Crippen molar-refractivity contribution in [2.45, 2.75) is 25.4 Å². The second-order valence-electron chi connectivity index (χ2n) is 4.47. The van der Waals surface area contributed by atoms with Gasteiger partial charge in [0, 0.05) is 23.9 Å². The predicted molar refractivity (Wildman–Crippen MR) is 69.6 cm³/mol. The number of hydrogen-bond donors (Lipinski definition) is 3. The predicted octanol–water partition coefficient (Wildman–Crippen LogP) is 0.333. The minimum absolute atomic E-state index is 0.0182. The second-order valence-corrected chi connectivity index (χ2v) is 5.62. The summed E-state index contributed by atoms with van der Waals surface area (Å²) in [5.74, 6) is 2.91. The van der Waals surface area contributed by atoms with Crippen molar-refractivity contribution in [3.8, 4) is 0 Å². The number of nitrogens with one attached hydrogen (secondary N) is 3. The van der Waals surface area contributed by atoms with E-state index >= 15 is 0 Å². The molecule has 3 N–H and O–H groups in total. The normalized spacial score (nSPS) is 23.4. The highest BCUT2D eigenvalue weighted by Gasteiger charge is 2.18. The van der Waals surface area contributed by atoms with Gasteiger partial charge in [-0.05, 0) is 25.1 Å². The summed E-state index contributed by atoms with van der Waals surface area (Å²) in [7, 11) is 0. The Morgan fingerprint density at radius 1 is 1.47 bits per heavy atom. The third-order valence-corrected chi connectivity index (χ3v) is 4.38. The first-order valence-corrected chi connectivity index (χ1v) is 7.15. The van der Waals surface area contributed by atoms with Crippen LogP contribution >= 0.6 is 11.8 Å². The molecule has 3 heterocycles. The molecule has 92 valence electrons. The molecule has 6 heteroatoms. The summed E-state index contributed by atoms with van der Waals surface area (Å²) >= 11 is 1.94. The number of rotatable bonds is 2. The Morgan fingerprint density at radius 2 is 2.41 bits per heavy atom. The number of aromatic amines is 1. The Morgan fingerprint density at radius 3 is 3.24 bits per heavy atom. The molecule has 2 aliphatic heterocycles. The van der Waals surface area contributed by atoms with E-state index in [1.165, 1.54) is 5.75 Å². The van der Waals surface area contributed by atoms with Crippen LogP contribution in [0, 0.1) is 0 Å². The van der Waals surface area contributed by atoms with Gasteiger partial charge in [0.1, 0.15) is 0 Å². The molecule has 1 fully saturated rings. The van der Waals surface area contributed by atoms with Gasteiger partial charge in [-0.25, -0.2) is 4.98 Å². The van der Waals surface area contributed by atoms with Gasteiger partial charge < -0.3 is 10.6 Å². The Kier molecular flexibility index (Phi) is 3.07. The Labute approximate surface area is 104 Å². The lowest BCUT2D eigenvalue weighted by Crippen LogP contribution is -2.32. The van der Waals surface area contributed by atoms with Gasteiger partial charge in [-0.1, -0.05) is 0 Å². The zero-order chi connectivity index (χ0) is 11.7. The molecule has 0 unspecified atom stereocenters. The van der Waals surface area contributed by atoms with Crippen LogP contribution in [0.25, 0.3) is 0 Å². The molecule has 2 aliphatic rings. The van der Waals surface area contributed by atoms with Gasteiger partial charge in [-0.3, -0.25) is 9.78 Å². The lowest BCUT2D eigenvalue weighted by molar-refractivity contribution is 0.618. The van der Waals surface area contributed by atoms with Gasteiger partial charge in [0.15, 0.2) is 0 Å². The van der Waals surface area contributed by atoms with Crippen LogP contribution in [-0.2, 0) is 13.0 Å². The average Bonchev–Trinajstić information content (AvgIpc) is 2.82. The number of nitrogens with zero attached hydrogens (tertiary/aromatic N) is 1. The van der Waals surface area contributed by atoms with Gasteiger partial charge in [0.2, 0.25) is 5.95 Å². The third-order valence-electron chi connectivity index (χ3n) is 3.22. The topological polar surface area (TPSA) is 69.8 Å². The van der Waals surface area contributed by atoms with Crippen molar-refractivity contribution in [2.75, 3.05) is 23.4 Å². The summed E-state index contributed by atoms with van der Waals surface area (Å²) in [6.07, 6.45) is 1.92. The fourth-order valence-corrected chi connectivity index (χ4v) is 3.43. The van der Waals surface area contributed by atoms with E-state index < -0.39 is 0 Å². The molecule has 0 radical (unpaired) electrons. The van der Waals surface area contributed by atoms with Crippen molar-refractivity contribution in [3.63, 3.8) is 0 Å². The molecule has 0 amide bonds. The fraction of sp³-hybridized carbons (Fsp3) is 0.636. The van der Waals surface area contributed by atoms with Gasteiger partial charge >= 0.3 is 0 Å². The standard InChI is InChI=1S/C11H16N4OS/c16-10-8-1-3-12-5-9(8)14-11(15-10)13-7-2-4-17-6-7/h7,12H,1-6H2,(H2,13,14,15,16)/t7-/m0/s1. The van der Waals surface area contributed by atoms with Crippen LogP contribution in [0.2, 0.25) is 0 Å². The van der Waals surface area contributed by atoms with E-state index in [2.05, 4.69) is 20.6 Å². The lowest BCUT2D eigenvalue weighted by Gasteiger charge is -2.17. The lowest BCUT2D eigenvalue weighted by atomic mass is 10.1. The molecule has 1 atom stereocenters. The summed E-state index contributed by atoms with van der Waals surface area (Å²) < 4.78 is 0. The van der Waals surface area contributed by atoms with Crippen LogP contribution in [0.3, 0.4) is 0 Å². The summed E-state index contributed by atoms with van der Waals surface area (Å²) in [5.41, 5.74) is 1.76. The van der Waals surface area contributed by atoms with Crippen LogP contribution in [0.1, 0.15) is 17.7 Å². The van der Waals surface area contributed by atoms with Gasteiger partial charge in [-0.15, -0.1) is 0 Å². The van der Waals surface area contributed by atoms with Crippen molar-refractivity contribution in [3.05, 3.63) is 21.6 Å². The molecule has 17 heavy (non-hydrogen) atoms. The maximum atomic E-state index is 11.9. The maximum Gasteiger partial charge on any atom is 0.255 e. The number of thioether (sulfide) groups is 1. The number of fused-ring (bicyclic) bond motifs is 1. The van der Waals surface area contributed by atoms with E-state index in [1.54, 1.807) is 0 Å². The van der Waals surface area contributed by atoms with E-state index in [1.807, 2.05) is 11.8 Å². The summed E-state index contributed by atoms with van der Waals surface area (Å²) in [5, 5.41) is 6.56. The Balaban J connectivity index is 1.85. The number of aromatic nitrogens is 2. The van der Waals surface area contributed by atoms with E-state index in [0.717, 1.165) is 36.4 Å². The van der Waals surface area contributed by atoms with Crippen LogP contribution in [0.15, 0.2) is 4.79 Å². The van der Waals surface area contributed by atoms with Crippen molar-refractivity contribution >= 4 is 17.7 Å². The van der Waals surface area contributed by atoms with Crippen molar-refractivity contribution in [2.24, 2.45) is 0 Å². The molecule has 0 spiro atoms. The van der Waals surface area contributed by atoms with Crippen molar-refractivity contribution in [1.29, 1.82) is 0 Å². The summed E-state index contributed by atoms with van der Waals surface area (Å²) in [6.45, 7) is 1.57. The molecule has 1 aromatic rings. The first-order chi connectivity index (χ1) is 8.33. The highest BCUT2D eigenvalue weighted by Crippen LogP contribution is 2.20. The first-order valence-electron chi connectivity index (χ1n) is 6.00. The monoisotopic (exact) mass is 252 g/mol. The molecule has 0 aliphatic carbocycles. The minimum atomic E-state index is 0.0182. The number of hydrogen-bond acceptors (Lipinski definition) is 5. The van der Waals surface area contributed by atoms with Crippen molar-refractivity contribution < 1.29 is 0 Å². The van der Waals surface area contributed by atoms with Crippen LogP contribution in [0.5, 0.6) is 0 Å². The van der Waals surface area contributed by atoms with E-state index in [4.69, 9.17) is 0 Å². The molecular formula is C11H16N4OS.